The largest absolute Gasteiger partial charge is 0.465 e. The zero-order chi connectivity index (χ0) is 12.3. The molecule has 0 aliphatic carbocycles. The number of ether oxygens (including phenoxy) is 1. The predicted octanol–water partition coefficient (Wildman–Crippen LogP) is 2.57. The lowest BCUT2D eigenvalue weighted by Crippen LogP contribution is -2.06. The summed E-state index contributed by atoms with van der Waals surface area (Å²) in [5, 5.41) is 8.78. The van der Waals surface area contributed by atoms with E-state index in [-0.39, 0.29) is 21.6 Å². The number of alkyl halides is 2. The lowest BCUT2D eigenvalue weighted by atomic mass is 10.0. The molecule has 0 unspecified atom stereocenters. The van der Waals surface area contributed by atoms with Crippen LogP contribution in [0.2, 0.25) is 0 Å². The second-order valence-corrected chi connectivity index (χ2v) is 3.35. The zero-order valence-corrected chi connectivity index (χ0v) is 9.09. The first-order valence-electron chi connectivity index (χ1n) is 4.14. The Balaban J connectivity index is 3.44. The van der Waals surface area contributed by atoms with Crippen LogP contribution in [0.25, 0.3) is 0 Å². The number of esters is 1. The van der Waals surface area contributed by atoms with Crippen molar-refractivity contribution in [1.82, 2.24) is 0 Å². The molecule has 0 aliphatic rings. The quantitative estimate of drug-likeness (QED) is 0.641. The van der Waals surface area contributed by atoms with E-state index in [1.54, 1.807) is 6.07 Å². The Kier molecular flexibility index (Phi) is 3.85. The molecule has 6 heteroatoms. The molecule has 0 heterocycles. The molecule has 16 heavy (non-hydrogen) atoms. The van der Waals surface area contributed by atoms with Crippen molar-refractivity contribution >= 4 is 18.6 Å². The van der Waals surface area contributed by atoms with Gasteiger partial charge in [-0.05, 0) is 12.1 Å². The number of nitrogens with zero attached hydrogens (tertiary/aromatic N) is 1. The summed E-state index contributed by atoms with van der Waals surface area (Å²) in [4.78, 5) is 11.3. The maximum atomic E-state index is 12.5. The number of hydrogen-bond acceptors (Lipinski definition) is 4. The number of methoxy groups -OCH3 is 1. The Morgan fingerprint density at radius 3 is 2.62 bits per heavy atom. The van der Waals surface area contributed by atoms with Gasteiger partial charge in [-0.25, -0.2) is 13.6 Å². The van der Waals surface area contributed by atoms with E-state index in [2.05, 4.69) is 17.4 Å². The minimum atomic E-state index is -2.73. The molecule has 0 N–H and O–H groups in total. The van der Waals surface area contributed by atoms with Crippen molar-refractivity contribution in [2.75, 3.05) is 7.11 Å². The molecule has 1 aromatic carbocycles. The van der Waals surface area contributed by atoms with E-state index in [1.807, 2.05) is 0 Å². The van der Waals surface area contributed by atoms with Gasteiger partial charge in [-0.2, -0.15) is 5.26 Å². The van der Waals surface area contributed by atoms with Crippen molar-refractivity contribution in [3.05, 3.63) is 28.8 Å². The van der Waals surface area contributed by atoms with Crippen LogP contribution >= 0.6 is 12.6 Å². The standard InChI is InChI=1S/C10H7F2NO2S/c1-15-10(14)6-2-5(9(11)12)3-8(16)7(6)4-13/h2-3,9,16H,1H3. The Morgan fingerprint density at radius 2 is 2.19 bits per heavy atom. The van der Waals surface area contributed by atoms with E-state index in [4.69, 9.17) is 5.26 Å². The molecule has 0 spiro atoms. The molecule has 0 aromatic heterocycles. The lowest BCUT2D eigenvalue weighted by Gasteiger charge is -2.07. The first kappa shape index (κ1) is 12.5. The van der Waals surface area contributed by atoms with Crippen LogP contribution in [0.1, 0.15) is 27.9 Å². The van der Waals surface area contributed by atoms with E-state index in [0.717, 1.165) is 19.2 Å². The minimum absolute atomic E-state index is 0.0284. The summed E-state index contributed by atoms with van der Waals surface area (Å²) in [6, 6.07) is 3.72. The summed E-state index contributed by atoms with van der Waals surface area (Å²) in [6.45, 7) is 0. The number of carbonyl (C=O) groups excluding carboxylic acids is 1. The minimum Gasteiger partial charge on any atom is -0.465 e. The highest BCUT2D eigenvalue weighted by Crippen LogP contribution is 2.27. The average Bonchev–Trinajstić information content (AvgIpc) is 2.26. The van der Waals surface area contributed by atoms with Gasteiger partial charge >= 0.3 is 5.97 Å². The molecular weight excluding hydrogens is 236 g/mol. The highest BCUT2D eigenvalue weighted by molar-refractivity contribution is 7.80. The fourth-order valence-electron chi connectivity index (χ4n) is 1.16. The molecule has 84 valence electrons. The summed E-state index contributed by atoms with van der Waals surface area (Å²) >= 11 is 3.88. The summed E-state index contributed by atoms with van der Waals surface area (Å²) in [7, 11) is 1.11. The summed E-state index contributed by atoms with van der Waals surface area (Å²) < 4.78 is 29.3. The molecule has 0 bridgehead atoms. The van der Waals surface area contributed by atoms with Gasteiger partial charge in [-0.3, -0.25) is 0 Å². The van der Waals surface area contributed by atoms with Crippen LogP contribution in [0.15, 0.2) is 17.0 Å². The van der Waals surface area contributed by atoms with Crippen molar-refractivity contribution in [3.8, 4) is 6.07 Å². The van der Waals surface area contributed by atoms with Gasteiger partial charge in [-0.1, -0.05) is 0 Å². The molecule has 0 amide bonds. The zero-order valence-electron chi connectivity index (χ0n) is 8.20. The van der Waals surface area contributed by atoms with Crippen molar-refractivity contribution in [2.45, 2.75) is 11.3 Å². The number of benzene rings is 1. The number of hydrogen-bond donors (Lipinski definition) is 1. The van der Waals surface area contributed by atoms with Crippen LogP contribution in [0.4, 0.5) is 8.78 Å². The summed E-state index contributed by atoms with van der Waals surface area (Å²) in [5.74, 6) is -0.839. The van der Waals surface area contributed by atoms with Crippen LogP contribution in [-0.4, -0.2) is 13.1 Å². The average molecular weight is 243 g/mol. The Hall–Kier alpha value is -1.61. The molecule has 1 rings (SSSR count). The van der Waals surface area contributed by atoms with Crippen LogP contribution < -0.4 is 0 Å². The Bertz CT molecular complexity index is 469. The van der Waals surface area contributed by atoms with Gasteiger partial charge < -0.3 is 4.74 Å². The first-order chi connectivity index (χ1) is 7.51. The van der Waals surface area contributed by atoms with Gasteiger partial charge in [0.2, 0.25) is 0 Å². The van der Waals surface area contributed by atoms with Gasteiger partial charge in [0.15, 0.2) is 0 Å². The highest BCUT2D eigenvalue weighted by atomic mass is 32.1. The van der Waals surface area contributed by atoms with Crippen molar-refractivity contribution in [1.29, 1.82) is 5.26 Å². The topological polar surface area (TPSA) is 50.1 Å². The van der Waals surface area contributed by atoms with Crippen LogP contribution in [-0.2, 0) is 4.74 Å². The van der Waals surface area contributed by atoms with Crippen molar-refractivity contribution in [3.63, 3.8) is 0 Å². The van der Waals surface area contributed by atoms with Gasteiger partial charge in [0.25, 0.3) is 6.43 Å². The van der Waals surface area contributed by atoms with E-state index in [0.29, 0.717) is 0 Å². The fraction of sp³-hybridized carbons (Fsp3) is 0.200. The molecule has 0 fully saturated rings. The number of halogens is 2. The molecule has 0 saturated heterocycles. The van der Waals surface area contributed by atoms with Gasteiger partial charge in [0.1, 0.15) is 6.07 Å². The van der Waals surface area contributed by atoms with E-state index in [9.17, 15) is 13.6 Å². The second-order valence-electron chi connectivity index (χ2n) is 2.87. The highest BCUT2D eigenvalue weighted by Gasteiger charge is 2.19. The number of nitriles is 1. The van der Waals surface area contributed by atoms with Crippen LogP contribution in [0.5, 0.6) is 0 Å². The molecule has 3 nitrogen and oxygen atoms in total. The van der Waals surface area contributed by atoms with Gasteiger partial charge in [0, 0.05) is 10.5 Å². The molecule has 0 radical (unpaired) electrons. The van der Waals surface area contributed by atoms with Crippen molar-refractivity contribution < 1.29 is 18.3 Å². The normalized spacial score (nSPS) is 10.0. The molecule has 0 atom stereocenters. The third-order valence-electron chi connectivity index (χ3n) is 1.91. The molecule has 0 aliphatic heterocycles. The maximum Gasteiger partial charge on any atom is 0.339 e. The summed E-state index contributed by atoms with van der Waals surface area (Å²) in [6.07, 6.45) is -2.73. The van der Waals surface area contributed by atoms with Gasteiger partial charge in [-0.15, -0.1) is 12.6 Å². The number of rotatable bonds is 2. The fourth-order valence-corrected chi connectivity index (χ4v) is 1.48. The molecule has 1 aromatic rings. The third-order valence-corrected chi connectivity index (χ3v) is 2.26. The Morgan fingerprint density at radius 1 is 1.56 bits per heavy atom. The van der Waals surface area contributed by atoms with Crippen LogP contribution in [0, 0.1) is 11.3 Å². The monoisotopic (exact) mass is 243 g/mol. The van der Waals surface area contributed by atoms with E-state index in [1.165, 1.54) is 0 Å². The summed E-state index contributed by atoms with van der Waals surface area (Å²) in [5.41, 5.74) is -0.642. The lowest BCUT2D eigenvalue weighted by molar-refractivity contribution is 0.0599. The first-order valence-corrected chi connectivity index (χ1v) is 4.59. The van der Waals surface area contributed by atoms with Crippen LogP contribution in [0.3, 0.4) is 0 Å². The molecular formula is C10H7F2NO2S. The smallest absolute Gasteiger partial charge is 0.339 e. The predicted molar refractivity (Wildman–Crippen MR) is 54.7 cm³/mol. The molecule has 0 saturated carbocycles. The second kappa shape index (κ2) is 4.94. The van der Waals surface area contributed by atoms with E-state index < -0.39 is 12.4 Å². The van der Waals surface area contributed by atoms with Gasteiger partial charge in [0.05, 0.1) is 18.2 Å². The number of thiol groups is 1. The van der Waals surface area contributed by atoms with E-state index >= 15 is 0 Å². The Labute approximate surface area is 96.0 Å². The maximum absolute atomic E-state index is 12.5. The van der Waals surface area contributed by atoms with Crippen molar-refractivity contribution in [2.24, 2.45) is 0 Å². The third kappa shape index (κ3) is 2.31. The SMILES string of the molecule is COC(=O)c1cc(C(F)F)cc(S)c1C#N. The number of carbonyl (C=O) groups is 1.